The predicted octanol–water partition coefficient (Wildman–Crippen LogP) is 2.14. The summed E-state index contributed by atoms with van der Waals surface area (Å²) >= 11 is 0. The molecule has 1 rings (SSSR count). The molecular weight excluding hydrogens is 216 g/mol. The highest BCUT2D eigenvalue weighted by Crippen LogP contribution is 2.07. The molecule has 0 fully saturated rings. The summed E-state index contributed by atoms with van der Waals surface area (Å²) in [5, 5.41) is 6.49. The van der Waals surface area contributed by atoms with Crippen molar-refractivity contribution in [1.82, 2.24) is 9.97 Å². The molecule has 17 heavy (non-hydrogen) atoms. The van der Waals surface area contributed by atoms with Crippen molar-refractivity contribution in [3.05, 3.63) is 12.3 Å². The Bertz CT molecular complexity index is 319. The smallest absolute Gasteiger partial charge is 0.224 e. The standard InChI is InChI=1S/C12H22N4O/c1-4-10(2)15-12-14-8-6-11(16-12)13-7-5-9-17-3/h6,8,10H,4-5,7,9H2,1-3H3,(H2,13,14,15,16). The minimum absolute atomic E-state index is 0.388. The van der Waals surface area contributed by atoms with E-state index in [0.717, 1.165) is 31.8 Å². The molecular formula is C12H22N4O. The molecule has 0 aliphatic heterocycles. The average Bonchev–Trinajstić information content (AvgIpc) is 2.35. The maximum atomic E-state index is 4.99. The van der Waals surface area contributed by atoms with E-state index in [0.29, 0.717) is 12.0 Å². The summed E-state index contributed by atoms with van der Waals surface area (Å²) in [6.07, 6.45) is 3.78. The molecule has 5 nitrogen and oxygen atoms in total. The summed E-state index contributed by atoms with van der Waals surface area (Å²) in [7, 11) is 1.71. The number of aromatic nitrogens is 2. The molecule has 0 bridgehead atoms. The van der Waals surface area contributed by atoms with E-state index in [1.165, 1.54) is 0 Å². The number of nitrogens with one attached hydrogen (secondary N) is 2. The van der Waals surface area contributed by atoms with Gasteiger partial charge in [-0.05, 0) is 25.8 Å². The second kappa shape index (κ2) is 7.84. The number of nitrogens with zero attached hydrogens (tertiary/aromatic N) is 2. The SMILES string of the molecule is CCC(C)Nc1nccc(NCCCOC)n1. The Kier molecular flexibility index (Phi) is 6.32. The van der Waals surface area contributed by atoms with Gasteiger partial charge in [0.15, 0.2) is 0 Å². The van der Waals surface area contributed by atoms with Gasteiger partial charge in [-0.1, -0.05) is 6.92 Å². The monoisotopic (exact) mass is 238 g/mol. The molecule has 0 amide bonds. The Morgan fingerprint density at radius 2 is 2.29 bits per heavy atom. The van der Waals surface area contributed by atoms with Gasteiger partial charge < -0.3 is 15.4 Å². The fraction of sp³-hybridized carbons (Fsp3) is 0.667. The molecule has 0 saturated heterocycles. The van der Waals surface area contributed by atoms with Crippen molar-refractivity contribution >= 4 is 11.8 Å². The maximum Gasteiger partial charge on any atom is 0.224 e. The van der Waals surface area contributed by atoms with Crippen LogP contribution in [0.15, 0.2) is 12.3 Å². The van der Waals surface area contributed by atoms with Crippen molar-refractivity contribution in [3.63, 3.8) is 0 Å². The summed E-state index contributed by atoms with van der Waals surface area (Å²) in [6, 6.07) is 2.26. The minimum atomic E-state index is 0.388. The Morgan fingerprint density at radius 3 is 3.00 bits per heavy atom. The van der Waals surface area contributed by atoms with Crippen LogP contribution in [0.1, 0.15) is 26.7 Å². The van der Waals surface area contributed by atoms with Crippen LogP contribution in [0, 0.1) is 0 Å². The third-order valence-corrected chi connectivity index (χ3v) is 2.47. The van der Waals surface area contributed by atoms with Crippen molar-refractivity contribution in [2.45, 2.75) is 32.7 Å². The summed E-state index contributed by atoms with van der Waals surface area (Å²) < 4.78 is 4.99. The zero-order valence-corrected chi connectivity index (χ0v) is 10.9. The molecule has 96 valence electrons. The van der Waals surface area contributed by atoms with E-state index >= 15 is 0 Å². The number of rotatable bonds is 8. The van der Waals surface area contributed by atoms with Gasteiger partial charge >= 0.3 is 0 Å². The highest BCUT2D eigenvalue weighted by atomic mass is 16.5. The Balaban J connectivity index is 2.42. The first-order valence-corrected chi connectivity index (χ1v) is 6.08. The molecule has 0 aliphatic rings. The number of ether oxygens (including phenoxy) is 1. The number of methoxy groups -OCH3 is 1. The van der Waals surface area contributed by atoms with Gasteiger partial charge in [0.05, 0.1) is 0 Å². The Morgan fingerprint density at radius 1 is 1.47 bits per heavy atom. The Hall–Kier alpha value is -1.36. The van der Waals surface area contributed by atoms with Gasteiger partial charge in [-0.2, -0.15) is 4.98 Å². The van der Waals surface area contributed by atoms with Gasteiger partial charge in [0.1, 0.15) is 5.82 Å². The van der Waals surface area contributed by atoms with Crippen molar-refractivity contribution in [3.8, 4) is 0 Å². The van der Waals surface area contributed by atoms with Crippen molar-refractivity contribution in [2.75, 3.05) is 30.9 Å². The fourth-order valence-electron chi connectivity index (χ4n) is 1.28. The zero-order chi connectivity index (χ0) is 12.5. The number of hydrogen-bond acceptors (Lipinski definition) is 5. The molecule has 0 spiro atoms. The van der Waals surface area contributed by atoms with Gasteiger partial charge in [-0.15, -0.1) is 0 Å². The highest BCUT2D eigenvalue weighted by Gasteiger charge is 2.02. The van der Waals surface area contributed by atoms with Gasteiger partial charge in [0.2, 0.25) is 5.95 Å². The van der Waals surface area contributed by atoms with E-state index in [4.69, 9.17) is 4.74 Å². The first-order chi connectivity index (χ1) is 8.26. The van der Waals surface area contributed by atoms with Crippen LogP contribution >= 0.6 is 0 Å². The second-order valence-electron chi connectivity index (χ2n) is 3.99. The van der Waals surface area contributed by atoms with E-state index in [2.05, 4.69) is 34.4 Å². The van der Waals surface area contributed by atoms with Crippen molar-refractivity contribution in [2.24, 2.45) is 0 Å². The summed E-state index contributed by atoms with van der Waals surface area (Å²) in [5.41, 5.74) is 0. The van der Waals surface area contributed by atoms with E-state index in [-0.39, 0.29) is 0 Å². The van der Waals surface area contributed by atoms with Gasteiger partial charge in [0, 0.05) is 32.5 Å². The van der Waals surface area contributed by atoms with Crippen molar-refractivity contribution in [1.29, 1.82) is 0 Å². The van der Waals surface area contributed by atoms with Crippen LogP contribution in [0.2, 0.25) is 0 Å². The fourth-order valence-corrected chi connectivity index (χ4v) is 1.28. The lowest BCUT2D eigenvalue weighted by atomic mass is 10.3. The van der Waals surface area contributed by atoms with Crippen LogP contribution in [0.25, 0.3) is 0 Å². The number of hydrogen-bond donors (Lipinski definition) is 2. The summed E-state index contributed by atoms with van der Waals surface area (Å²) in [6.45, 7) is 5.86. The first kappa shape index (κ1) is 13.7. The molecule has 0 radical (unpaired) electrons. The van der Waals surface area contributed by atoms with Gasteiger partial charge in [-0.3, -0.25) is 0 Å². The van der Waals surface area contributed by atoms with E-state index in [1.54, 1.807) is 13.3 Å². The topological polar surface area (TPSA) is 59.1 Å². The highest BCUT2D eigenvalue weighted by molar-refractivity contribution is 5.39. The predicted molar refractivity (Wildman–Crippen MR) is 70.4 cm³/mol. The lowest BCUT2D eigenvalue weighted by molar-refractivity contribution is 0.198. The molecule has 1 unspecified atom stereocenters. The second-order valence-corrected chi connectivity index (χ2v) is 3.99. The molecule has 0 aromatic carbocycles. The molecule has 0 aliphatic carbocycles. The van der Waals surface area contributed by atoms with Crippen LogP contribution in [0.4, 0.5) is 11.8 Å². The molecule has 5 heteroatoms. The van der Waals surface area contributed by atoms with Crippen molar-refractivity contribution < 1.29 is 4.74 Å². The van der Waals surface area contributed by atoms with Crippen LogP contribution < -0.4 is 10.6 Å². The summed E-state index contributed by atoms with van der Waals surface area (Å²) in [5.74, 6) is 1.53. The quantitative estimate of drug-likeness (QED) is 0.679. The minimum Gasteiger partial charge on any atom is -0.385 e. The number of anilines is 2. The van der Waals surface area contributed by atoms with E-state index in [1.807, 2.05) is 6.07 Å². The van der Waals surface area contributed by atoms with Crippen LogP contribution in [-0.2, 0) is 4.74 Å². The normalized spacial score (nSPS) is 12.2. The van der Waals surface area contributed by atoms with Gasteiger partial charge in [0.25, 0.3) is 0 Å². The summed E-state index contributed by atoms with van der Waals surface area (Å²) in [4.78, 5) is 8.57. The van der Waals surface area contributed by atoms with Crippen LogP contribution in [0.3, 0.4) is 0 Å². The maximum absolute atomic E-state index is 4.99. The molecule has 1 atom stereocenters. The molecule has 2 N–H and O–H groups in total. The molecule has 1 heterocycles. The molecule has 1 aromatic rings. The van der Waals surface area contributed by atoms with E-state index in [9.17, 15) is 0 Å². The van der Waals surface area contributed by atoms with E-state index < -0.39 is 0 Å². The average molecular weight is 238 g/mol. The third-order valence-electron chi connectivity index (χ3n) is 2.47. The zero-order valence-electron chi connectivity index (χ0n) is 10.9. The van der Waals surface area contributed by atoms with Crippen LogP contribution in [-0.4, -0.2) is 36.3 Å². The van der Waals surface area contributed by atoms with Crippen LogP contribution in [0.5, 0.6) is 0 Å². The largest absolute Gasteiger partial charge is 0.385 e. The Labute approximate surface area is 103 Å². The third kappa shape index (κ3) is 5.49. The molecule has 1 aromatic heterocycles. The lowest BCUT2D eigenvalue weighted by Gasteiger charge is -2.12. The van der Waals surface area contributed by atoms with Gasteiger partial charge in [-0.25, -0.2) is 4.98 Å². The first-order valence-electron chi connectivity index (χ1n) is 6.08. The lowest BCUT2D eigenvalue weighted by Crippen LogP contribution is -2.16. The molecule has 0 saturated carbocycles.